The lowest BCUT2D eigenvalue weighted by molar-refractivity contribution is -0.135. The van der Waals surface area contributed by atoms with Gasteiger partial charge in [0.1, 0.15) is 0 Å². The highest BCUT2D eigenvalue weighted by molar-refractivity contribution is 7.89. The standard InChI is InChI=1S/C10H15F3N2O2S2/c1-14-6-8-5-9(7-18-8)19(16,17)15-4-2-3-10(11,12)13/h5,7,14-15H,2-4,6H2,1H3. The Morgan fingerprint density at radius 3 is 2.63 bits per heavy atom. The van der Waals surface area contributed by atoms with Crippen molar-refractivity contribution in [1.29, 1.82) is 0 Å². The maximum absolute atomic E-state index is 11.9. The van der Waals surface area contributed by atoms with Gasteiger partial charge in [0, 0.05) is 29.8 Å². The molecule has 0 saturated carbocycles. The topological polar surface area (TPSA) is 58.2 Å². The molecule has 19 heavy (non-hydrogen) atoms. The van der Waals surface area contributed by atoms with Gasteiger partial charge in [0.25, 0.3) is 0 Å². The van der Waals surface area contributed by atoms with Crippen molar-refractivity contribution in [2.45, 2.75) is 30.5 Å². The van der Waals surface area contributed by atoms with E-state index in [4.69, 9.17) is 0 Å². The Bertz CT molecular complexity index is 497. The van der Waals surface area contributed by atoms with Crippen molar-refractivity contribution < 1.29 is 21.6 Å². The molecule has 0 unspecified atom stereocenters. The first-order valence-corrected chi connectivity index (χ1v) is 7.89. The minimum atomic E-state index is -4.26. The normalized spacial score (nSPS) is 12.8. The van der Waals surface area contributed by atoms with Gasteiger partial charge in [-0.05, 0) is 19.5 Å². The molecule has 0 atom stereocenters. The molecule has 1 aromatic heterocycles. The number of halogens is 3. The van der Waals surface area contributed by atoms with Gasteiger partial charge in [-0.15, -0.1) is 11.3 Å². The van der Waals surface area contributed by atoms with Gasteiger partial charge < -0.3 is 5.32 Å². The second-order valence-electron chi connectivity index (χ2n) is 3.90. The highest BCUT2D eigenvalue weighted by Crippen LogP contribution is 2.22. The molecule has 0 fully saturated rings. The second-order valence-corrected chi connectivity index (χ2v) is 6.66. The van der Waals surface area contributed by atoms with E-state index in [-0.39, 0.29) is 17.9 Å². The van der Waals surface area contributed by atoms with E-state index in [1.165, 1.54) is 22.8 Å². The molecule has 9 heteroatoms. The maximum Gasteiger partial charge on any atom is 0.389 e. The van der Waals surface area contributed by atoms with E-state index in [1.807, 2.05) is 0 Å². The largest absolute Gasteiger partial charge is 0.389 e. The molecule has 4 nitrogen and oxygen atoms in total. The van der Waals surface area contributed by atoms with E-state index in [9.17, 15) is 21.6 Å². The predicted molar refractivity (Wildman–Crippen MR) is 67.6 cm³/mol. The molecule has 0 aromatic carbocycles. The minimum Gasteiger partial charge on any atom is -0.315 e. The Labute approximate surface area is 114 Å². The van der Waals surface area contributed by atoms with E-state index in [2.05, 4.69) is 10.0 Å². The van der Waals surface area contributed by atoms with Crippen LogP contribution in [-0.2, 0) is 16.6 Å². The lowest BCUT2D eigenvalue weighted by Crippen LogP contribution is -2.25. The third kappa shape index (κ3) is 5.89. The van der Waals surface area contributed by atoms with Gasteiger partial charge in [-0.2, -0.15) is 13.2 Å². The van der Waals surface area contributed by atoms with Crippen LogP contribution in [0.25, 0.3) is 0 Å². The van der Waals surface area contributed by atoms with Gasteiger partial charge in [0.15, 0.2) is 0 Å². The minimum absolute atomic E-state index is 0.0924. The van der Waals surface area contributed by atoms with E-state index in [0.29, 0.717) is 6.54 Å². The van der Waals surface area contributed by atoms with Crippen molar-refractivity contribution >= 4 is 21.4 Å². The van der Waals surface area contributed by atoms with Gasteiger partial charge in [0.2, 0.25) is 10.0 Å². The van der Waals surface area contributed by atoms with Gasteiger partial charge >= 0.3 is 6.18 Å². The van der Waals surface area contributed by atoms with Crippen LogP contribution in [-0.4, -0.2) is 28.2 Å². The average Bonchev–Trinajstić information content (AvgIpc) is 2.73. The molecule has 110 valence electrons. The molecule has 0 aliphatic rings. The lowest BCUT2D eigenvalue weighted by Gasteiger charge is -2.07. The molecule has 0 bridgehead atoms. The van der Waals surface area contributed by atoms with Crippen molar-refractivity contribution in [3.05, 3.63) is 16.3 Å². The number of sulfonamides is 1. The first-order valence-electron chi connectivity index (χ1n) is 5.53. The third-order valence-corrected chi connectivity index (χ3v) is 4.75. The number of hydrogen-bond acceptors (Lipinski definition) is 4. The van der Waals surface area contributed by atoms with Crippen LogP contribution in [0.15, 0.2) is 16.3 Å². The predicted octanol–water partition coefficient (Wildman–Crippen LogP) is 2.09. The zero-order valence-electron chi connectivity index (χ0n) is 10.3. The van der Waals surface area contributed by atoms with Gasteiger partial charge in [-0.1, -0.05) is 0 Å². The summed E-state index contributed by atoms with van der Waals surface area (Å²) in [7, 11) is -1.97. The Hall–Kier alpha value is -0.640. The smallest absolute Gasteiger partial charge is 0.315 e. The summed E-state index contributed by atoms with van der Waals surface area (Å²) in [4.78, 5) is 0.938. The Morgan fingerprint density at radius 1 is 1.37 bits per heavy atom. The molecule has 0 aliphatic carbocycles. The summed E-state index contributed by atoms with van der Waals surface area (Å²) in [5.74, 6) is 0. The number of thiophene rings is 1. The van der Waals surface area contributed by atoms with Gasteiger partial charge in [0.05, 0.1) is 4.90 Å². The van der Waals surface area contributed by atoms with Crippen LogP contribution in [0.2, 0.25) is 0 Å². The molecular weight excluding hydrogens is 301 g/mol. The second kappa shape index (κ2) is 6.69. The summed E-state index contributed by atoms with van der Waals surface area (Å²) in [6, 6.07) is 1.51. The number of rotatable bonds is 7. The third-order valence-electron chi connectivity index (χ3n) is 2.22. The fourth-order valence-corrected chi connectivity index (χ4v) is 3.71. The molecule has 0 aliphatic heterocycles. The number of alkyl halides is 3. The highest BCUT2D eigenvalue weighted by atomic mass is 32.2. The van der Waals surface area contributed by atoms with Crippen LogP contribution in [0.3, 0.4) is 0 Å². The monoisotopic (exact) mass is 316 g/mol. The van der Waals surface area contributed by atoms with Gasteiger partial charge in [-0.25, -0.2) is 13.1 Å². The van der Waals surface area contributed by atoms with Crippen LogP contribution in [0, 0.1) is 0 Å². The highest BCUT2D eigenvalue weighted by Gasteiger charge is 2.26. The molecule has 0 amide bonds. The van der Waals surface area contributed by atoms with E-state index in [1.54, 1.807) is 7.05 Å². The molecule has 0 saturated heterocycles. The van der Waals surface area contributed by atoms with E-state index >= 15 is 0 Å². The summed E-state index contributed by atoms with van der Waals surface area (Å²) in [5.41, 5.74) is 0. The van der Waals surface area contributed by atoms with Crippen LogP contribution < -0.4 is 10.0 Å². The fraction of sp³-hybridized carbons (Fsp3) is 0.600. The van der Waals surface area contributed by atoms with Crippen LogP contribution >= 0.6 is 11.3 Å². The molecule has 1 heterocycles. The molecule has 2 N–H and O–H groups in total. The molecule has 0 radical (unpaired) electrons. The Kier molecular flexibility index (Phi) is 5.78. The summed E-state index contributed by atoms with van der Waals surface area (Å²) in [6.07, 6.45) is -5.52. The lowest BCUT2D eigenvalue weighted by atomic mass is 10.3. The zero-order chi connectivity index (χ0) is 14.5. The first kappa shape index (κ1) is 16.4. The zero-order valence-corrected chi connectivity index (χ0v) is 11.9. The Balaban J connectivity index is 2.51. The first-order chi connectivity index (χ1) is 8.74. The summed E-state index contributed by atoms with van der Waals surface area (Å²) < 4.78 is 61.4. The quantitative estimate of drug-likeness (QED) is 0.757. The molecule has 1 aromatic rings. The van der Waals surface area contributed by atoms with Crippen molar-refractivity contribution in [3.8, 4) is 0 Å². The number of hydrogen-bond donors (Lipinski definition) is 2. The van der Waals surface area contributed by atoms with E-state index in [0.717, 1.165) is 4.88 Å². The maximum atomic E-state index is 11.9. The van der Waals surface area contributed by atoms with Crippen molar-refractivity contribution in [2.24, 2.45) is 0 Å². The van der Waals surface area contributed by atoms with Crippen molar-refractivity contribution in [2.75, 3.05) is 13.6 Å². The van der Waals surface area contributed by atoms with Crippen LogP contribution in [0.1, 0.15) is 17.7 Å². The van der Waals surface area contributed by atoms with Crippen molar-refractivity contribution in [3.63, 3.8) is 0 Å². The summed E-state index contributed by atoms with van der Waals surface area (Å²) >= 11 is 1.28. The summed E-state index contributed by atoms with van der Waals surface area (Å²) in [5, 5.41) is 4.36. The van der Waals surface area contributed by atoms with Crippen LogP contribution in [0.4, 0.5) is 13.2 Å². The SMILES string of the molecule is CNCc1cc(S(=O)(=O)NCCCC(F)(F)F)cs1. The van der Waals surface area contributed by atoms with Crippen molar-refractivity contribution in [1.82, 2.24) is 10.0 Å². The number of nitrogens with one attached hydrogen (secondary N) is 2. The Morgan fingerprint density at radius 2 is 2.05 bits per heavy atom. The summed E-state index contributed by atoms with van der Waals surface area (Å²) in [6.45, 7) is 0.327. The molecular formula is C10H15F3N2O2S2. The average molecular weight is 316 g/mol. The van der Waals surface area contributed by atoms with Crippen LogP contribution in [0.5, 0.6) is 0 Å². The molecule has 1 rings (SSSR count). The van der Waals surface area contributed by atoms with Gasteiger partial charge in [-0.3, -0.25) is 0 Å². The van der Waals surface area contributed by atoms with E-state index < -0.39 is 22.6 Å². The molecule has 0 spiro atoms. The fourth-order valence-electron chi connectivity index (χ4n) is 1.35.